The van der Waals surface area contributed by atoms with Crippen molar-refractivity contribution in [3.8, 4) is 0 Å². The number of nitro groups is 2. The predicted molar refractivity (Wildman–Crippen MR) is 84.9 cm³/mol. The third-order valence-corrected chi connectivity index (χ3v) is 4.15. The maximum Gasteiger partial charge on any atom is 0.326 e. The molecule has 1 aliphatic heterocycles. The molecular weight excluding hydrogens is 350 g/mol. The number of imide groups is 1. The first-order chi connectivity index (χ1) is 12.2. The topological polar surface area (TPSA) is 161 Å². The van der Waals surface area contributed by atoms with Gasteiger partial charge >= 0.3 is 5.97 Å². The van der Waals surface area contributed by atoms with Crippen LogP contribution in [-0.4, -0.2) is 43.7 Å². The molecule has 0 aromatic heterocycles. The van der Waals surface area contributed by atoms with Crippen LogP contribution in [0.25, 0.3) is 10.8 Å². The number of carbonyl (C=O) groups is 3. The van der Waals surface area contributed by atoms with Gasteiger partial charge < -0.3 is 5.11 Å². The molecule has 11 nitrogen and oxygen atoms in total. The van der Waals surface area contributed by atoms with Gasteiger partial charge in [-0.15, -0.1) is 0 Å². The van der Waals surface area contributed by atoms with Crippen molar-refractivity contribution in [2.45, 2.75) is 13.0 Å². The van der Waals surface area contributed by atoms with Crippen molar-refractivity contribution in [2.24, 2.45) is 0 Å². The normalized spacial score (nSPS) is 14.4. The number of benzene rings is 2. The van der Waals surface area contributed by atoms with Gasteiger partial charge in [0.1, 0.15) is 11.4 Å². The SMILES string of the molecule is CC(C(=O)O)N1C(=O)c2ccc([N+](=O)[O-])c3c([N+](=O)[O-])ccc(c23)C1=O. The zero-order valence-electron chi connectivity index (χ0n) is 13.0. The molecule has 2 aromatic rings. The number of non-ortho nitro benzene ring substituents is 2. The summed E-state index contributed by atoms with van der Waals surface area (Å²) in [6, 6.07) is 2.48. The molecule has 0 aliphatic carbocycles. The fraction of sp³-hybridized carbons (Fsp3) is 0.133. The first-order valence-corrected chi connectivity index (χ1v) is 7.16. The molecule has 2 aromatic carbocycles. The van der Waals surface area contributed by atoms with Gasteiger partial charge in [-0.25, -0.2) is 4.79 Å². The van der Waals surface area contributed by atoms with Gasteiger partial charge in [-0.3, -0.25) is 34.7 Å². The third kappa shape index (κ3) is 2.17. The fourth-order valence-electron chi connectivity index (χ4n) is 2.93. The molecule has 0 fully saturated rings. The van der Waals surface area contributed by atoms with Gasteiger partial charge in [0.2, 0.25) is 0 Å². The Labute approximate surface area is 143 Å². The summed E-state index contributed by atoms with van der Waals surface area (Å²) in [5, 5.41) is 31.0. The molecule has 0 saturated heterocycles. The minimum absolute atomic E-state index is 0.211. The van der Waals surface area contributed by atoms with E-state index in [9.17, 15) is 34.6 Å². The molecule has 1 heterocycles. The van der Waals surface area contributed by atoms with E-state index < -0.39 is 50.4 Å². The summed E-state index contributed by atoms with van der Waals surface area (Å²) in [5.74, 6) is -3.40. The van der Waals surface area contributed by atoms with Crippen LogP contribution in [0.15, 0.2) is 24.3 Å². The zero-order valence-corrected chi connectivity index (χ0v) is 13.0. The lowest BCUT2D eigenvalue weighted by Gasteiger charge is -2.29. The Morgan fingerprint density at radius 3 is 1.73 bits per heavy atom. The maximum absolute atomic E-state index is 12.6. The molecule has 132 valence electrons. The van der Waals surface area contributed by atoms with Crippen molar-refractivity contribution < 1.29 is 29.3 Å². The highest BCUT2D eigenvalue weighted by Crippen LogP contribution is 2.40. The van der Waals surface area contributed by atoms with Crippen molar-refractivity contribution in [1.29, 1.82) is 0 Å². The van der Waals surface area contributed by atoms with Gasteiger partial charge in [-0.05, 0) is 19.1 Å². The lowest BCUT2D eigenvalue weighted by Crippen LogP contribution is -2.49. The maximum atomic E-state index is 12.6. The molecule has 3 rings (SSSR count). The number of hydrogen-bond donors (Lipinski definition) is 1. The number of hydrogen-bond acceptors (Lipinski definition) is 7. The molecule has 0 spiro atoms. The number of rotatable bonds is 4. The first-order valence-electron chi connectivity index (χ1n) is 7.16. The summed E-state index contributed by atoms with van der Waals surface area (Å²) < 4.78 is 0. The highest BCUT2D eigenvalue weighted by Gasteiger charge is 2.41. The average molecular weight is 359 g/mol. The molecule has 1 N–H and O–H groups in total. The van der Waals surface area contributed by atoms with Crippen LogP contribution in [0.3, 0.4) is 0 Å². The monoisotopic (exact) mass is 359 g/mol. The van der Waals surface area contributed by atoms with Crippen LogP contribution in [-0.2, 0) is 4.79 Å². The van der Waals surface area contributed by atoms with Crippen LogP contribution in [0.4, 0.5) is 11.4 Å². The number of carboxylic acid groups (broad SMARTS) is 1. The molecule has 1 atom stereocenters. The summed E-state index contributed by atoms with van der Waals surface area (Å²) in [7, 11) is 0. The van der Waals surface area contributed by atoms with E-state index in [-0.39, 0.29) is 16.5 Å². The Morgan fingerprint density at radius 1 is 0.962 bits per heavy atom. The van der Waals surface area contributed by atoms with Crippen LogP contribution in [0.5, 0.6) is 0 Å². The van der Waals surface area contributed by atoms with Crippen LogP contribution in [0.1, 0.15) is 27.6 Å². The second kappa shape index (κ2) is 5.58. The van der Waals surface area contributed by atoms with Crippen molar-refractivity contribution in [3.05, 3.63) is 55.6 Å². The quantitative estimate of drug-likeness (QED) is 0.490. The molecular formula is C15H9N3O8. The smallest absolute Gasteiger partial charge is 0.326 e. The molecule has 26 heavy (non-hydrogen) atoms. The molecule has 2 amide bonds. The van der Waals surface area contributed by atoms with Gasteiger partial charge in [0.25, 0.3) is 23.2 Å². The van der Waals surface area contributed by atoms with E-state index in [0.717, 1.165) is 31.2 Å². The minimum Gasteiger partial charge on any atom is -0.480 e. The van der Waals surface area contributed by atoms with E-state index in [1.165, 1.54) is 0 Å². The van der Waals surface area contributed by atoms with Crippen LogP contribution in [0, 0.1) is 20.2 Å². The van der Waals surface area contributed by atoms with E-state index in [1.807, 2.05) is 0 Å². The summed E-state index contributed by atoms with van der Waals surface area (Å²) >= 11 is 0. The third-order valence-electron chi connectivity index (χ3n) is 4.15. The van der Waals surface area contributed by atoms with Crippen molar-refractivity contribution >= 4 is 39.9 Å². The van der Waals surface area contributed by atoms with Gasteiger partial charge in [0, 0.05) is 28.6 Å². The number of aliphatic carboxylic acids is 1. The number of carboxylic acids is 1. The Bertz CT molecular complexity index is 976. The van der Waals surface area contributed by atoms with Crippen LogP contribution in [0.2, 0.25) is 0 Å². The van der Waals surface area contributed by atoms with Gasteiger partial charge in [0.05, 0.1) is 9.85 Å². The Kier molecular flexibility index (Phi) is 3.64. The largest absolute Gasteiger partial charge is 0.480 e. The standard InChI is InChI=1S/C15H9N3O8/c1-6(15(21)22)16-13(19)7-2-4-9(17(23)24)12-10(18(25)26)5-3-8(11(7)12)14(16)20/h2-6H,1H3,(H,21,22). The van der Waals surface area contributed by atoms with E-state index in [4.69, 9.17) is 5.11 Å². The molecule has 1 aliphatic rings. The van der Waals surface area contributed by atoms with Crippen molar-refractivity contribution in [2.75, 3.05) is 0 Å². The Hall–Kier alpha value is -3.89. The van der Waals surface area contributed by atoms with E-state index in [2.05, 4.69) is 0 Å². The summed E-state index contributed by atoms with van der Waals surface area (Å²) in [4.78, 5) is 57.8. The van der Waals surface area contributed by atoms with Crippen LogP contribution >= 0.6 is 0 Å². The number of amides is 2. The highest BCUT2D eigenvalue weighted by molar-refractivity contribution is 6.28. The van der Waals surface area contributed by atoms with E-state index in [1.54, 1.807) is 0 Å². The Balaban J connectivity index is 2.44. The molecule has 0 saturated carbocycles. The first kappa shape index (κ1) is 17.0. The fourth-order valence-corrected chi connectivity index (χ4v) is 2.93. The predicted octanol–water partition coefficient (Wildman–Crippen LogP) is 1.73. The van der Waals surface area contributed by atoms with Crippen LogP contribution < -0.4 is 0 Å². The lowest BCUT2D eigenvalue weighted by molar-refractivity contribution is -0.390. The molecule has 0 radical (unpaired) electrons. The molecule has 1 unspecified atom stereocenters. The average Bonchev–Trinajstić information content (AvgIpc) is 2.58. The highest BCUT2D eigenvalue weighted by atomic mass is 16.6. The zero-order chi connectivity index (χ0) is 19.3. The summed E-state index contributed by atoms with van der Waals surface area (Å²) in [5.41, 5.74) is -1.68. The Morgan fingerprint density at radius 2 is 1.38 bits per heavy atom. The van der Waals surface area contributed by atoms with E-state index in [0.29, 0.717) is 4.90 Å². The second-order valence-corrected chi connectivity index (χ2v) is 5.52. The van der Waals surface area contributed by atoms with Gasteiger partial charge in [-0.1, -0.05) is 0 Å². The van der Waals surface area contributed by atoms with Crippen molar-refractivity contribution in [1.82, 2.24) is 4.90 Å². The minimum atomic E-state index is -1.48. The number of nitro benzene ring substituents is 2. The summed E-state index contributed by atoms with van der Waals surface area (Å²) in [6.45, 7) is 1.14. The molecule has 0 bridgehead atoms. The lowest BCUT2D eigenvalue weighted by atomic mass is 9.91. The summed E-state index contributed by atoms with van der Waals surface area (Å²) in [6.07, 6.45) is 0. The molecule has 11 heteroatoms. The van der Waals surface area contributed by atoms with Gasteiger partial charge in [-0.2, -0.15) is 0 Å². The number of nitrogens with zero attached hydrogens (tertiary/aromatic N) is 3. The van der Waals surface area contributed by atoms with Gasteiger partial charge in [0.15, 0.2) is 0 Å². The number of carbonyl (C=O) groups excluding carboxylic acids is 2. The second-order valence-electron chi connectivity index (χ2n) is 5.52. The van der Waals surface area contributed by atoms with Crippen molar-refractivity contribution in [3.63, 3.8) is 0 Å². The van der Waals surface area contributed by atoms with E-state index >= 15 is 0 Å².